The van der Waals surface area contributed by atoms with Gasteiger partial charge in [0.25, 0.3) is 0 Å². The molecule has 0 saturated carbocycles. The number of para-hydroxylation sites is 1. The highest BCUT2D eigenvalue weighted by molar-refractivity contribution is 5.92. The van der Waals surface area contributed by atoms with Gasteiger partial charge in [0.2, 0.25) is 11.8 Å². The SMILES string of the molecule is CCc1cccc(C)c1NC(=O)CCN(CC1CCCO1)C(C)=O. The van der Waals surface area contributed by atoms with Gasteiger partial charge in [-0.05, 0) is 37.3 Å². The van der Waals surface area contributed by atoms with Gasteiger partial charge in [0.1, 0.15) is 0 Å². The van der Waals surface area contributed by atoms with Crippen molar-refractivity contribution in [3.8, 4) is 0 Å². The molecule has 1 aromatic carbocycles. The molecule has 1 saturated heterocycles. The number of nitrogens with zero attached hydrogens (tertiary/aromatic N) is 1. The molecule has 5 nitrogen and oxygen atoms in total. The zero-order valence-corrected chi connectivity index (χ0v) is 14.9. The summed E-state index contributed by atoms with van der Waals surface area (Å²) in [6.45, 7) is 7.38. The van der Waals surface area contributed by atoms with Gasteiger partial charge in [-0.3, -0.25) is 9.59 Å². The smallest absolute Gasteiger partial charge is 0.226 e. The molecule has 1 heterocycles. The van der Waals surface area contributed by atoms with Crippen LogP contribution in [-0.4, -0.2) is 42.5 Å². The third-order valence-corrected chi connectivity index (χ3v) is 4.51. The predicted molar refractivity (Wildman–Crippen MR) is 95.0 cm³/mol. The first-order valence-electron chi connectivity index (χ1n) is 8.76. The molecule has 1 aliphatic heterocycles. The molecule has 24 heavy (non-hydrogen) atoms. The maximum absolute atomic E-state index is 12.3. The summed E-state index contributed by atoms with van der Waals surface area (Å²) in [5.74, 6) is -0.0685. The van der Waals surface area contributed by atoms with Crippen LogP contribution in [0.4, 0.5) is 5.69 Å². The van der Waals surface area contributed by atoms with Gasteiger partial charge in [-0.15, -0.1) is 0 Å². The van der Waals surface area contributed by atoms with Gasteiger partial charge >= 0.3 is 0 Å². The quantitative estimate of drug-likeness (QED) is 0.835. The van der Waals surface area contributed by atoms with Crippen LogP contribution in [0.25, 0.3) is 0 Å². The topological polar surface area (TPSA) is 58.6 Å². The van der Waals surface area contributed by atoms with Crippen LogP contribution >= 0.6 is 0 Å². The molecule has 0 aromatic heterocycles. The molecule has 2 amide bonds. The van der Waals surface area contributed by atoms with E-state index in [9.17, 15) is 9.59 Å². The Kier molecular flexibility index (Phi) is 6.79. The van der Waals surface area contributed by atoms with Crippen molar-refractivity contribution in [1.29, 1.82) is 0 Å². The first kappa shape index (κ1) is 18.5. The molecule has 1 aromatic rings. The van der Waals surface area contributed by atoms with Crippen molar-refractivity contribution in [2.75, 3.05) is 25.0 Å². The minimum Gasteiger partial charge on any atom is -0.376 e. The maximum atomic E-state index is 12.3. The van der Waals surface area contributed by atoms with E-state index in [-0.39, 0.29) is 17.9 Å². The van der Waals surface area contributed by atoms with E-state index < -0.39 is 0 Å². The number of benzene rings is 1. The Bertz CT molecular complexity index is 580. The minimum atomic E-state index is -0.0578. The summed E-state index contributed by atoms with van der Waals surface area (Å²) in [4.78, 5) is 25.8. The Hall–Kier alpha value is -1.88. The molecule has 0 aliphatic carbocycles. The lowest BCUT2D eigenvalue weighted by Gasteiger charge is -2.24. The fourth-order valence-electron chi connectivity index (χ4n) is 3.05. The van der Waals surface area contributed by atoms with Crippen LogP contribution < -0.4 is 5.32 Å². The molecule has 5 heteroatoms. The first-order chi connectivity index (χ1) is 11.5. The van der Waals surface area contributed by atoms with Crippen LogP contribution in [0.2, 0.25) is 0 Å². The number of aryl methyl sites for hydroxylation is 2. The second kappa shape index (κ2) is 8.83. The van der Waals surface area contributed by atoms with Gasteiger partial charge < -0.3 is 15.0 Å². The number of nitrogens with one attached hydrogen (secondary N) is 1. The molecule has 2 rings (SSSR count). The number of amides is 2. The Balaban J connectivity index is 1.90. The minimum absolute atomic E-state index is 0.0107. The fourth-order valence-corrected chi connectivity index (χ4v) is 3.05. The standard InChI is InChI=1S/C19H28N2O3/c1-4-16-8-5-7-14(2)19(16)20-18(23)10-11-21(15(3)22)13-17-9-6-12-24-17/h5,7-8,17H,4,6,9-13H2,1-3H3,(H,20,23). The third kappa shape index (κ3) is 5.06. The summed E-state index contributed by atoms with van der Waals surface area (Å²) in [7, 11) is 0. The highest BCUT2D eigenvalue weighted by Crippen LogP contribution is 2.21. The Labute approximate surface area is 144 Å². The lowest BCUT2D eigenvalue weighted by atomic mass is 10.1. The van der Waals surface area contributed by atoms with E-state index in [0.29, 0.717) is 19.5 Å². The molecule has 0 bridgehead atoms. The van der Waals surface area contributed by atoms with Crippen molar-refractivity contribution in [3.05, 3.63) is 29.3 Å². The average Bonchev–Trinajstić information content (AvgIpc) is 3.06. The number of carbonyl (C=O) groups excluding carboxylic acids is 2. The van der Waals surface area contributed by atoms with E-state index in [1.54, 1.807) is 11.8 Å². The molecule has 1 N–H and O–H groups in total. The van der Waals surface area contributed by atoms with E-state index in [0.717, 1.165) is 42.7 Å². The maximum Gasteiger partial charge on any atom is 0.226 e. The average molecular weight is 332 g/mol. The van der Waals surface area contributed by atoms with E-state index in [4.69, 9.17) is 4.74 Å². The Morgan fingerprint density at radius 3 is 2.79 bits per heavy atom. The monoisotopic (exact) mass is 332 g/mol. The van der Waals surface area contributed by atoms with Crippen molar-refractivity contribution in [3.63, 3.8) is 0 Å². The molecule has 0 spiro atoms. The van der Waals surface area contributed by atoms with E-state index in [2.05, 4.69) is 12.2 Å². The second-order valence-corrected chi connectivity index (χ2v) is 6.36. The molecular weight excluding hydrogens is 304 g/mol. The molecule has 1 aliphatic rings. The van der Waals surface area contributed by atoms with Gasteiger partial charge in [0.05, 0.1) is 6.10 Å². The van der Waals surface area contributed by atoms with Crippen LogP contribution in [0, 0.1) is 6.92 Å². The number of hydrogen-bond donors (Lipinski definition) is 1. The predicted octanol–water partition coefficient (Wildman–Crippen LogP) is 2.91. The molecule has 0 radical (unpaired) electrons. The Morgan fingerprint density at radius 1 is 1.38 bits per heavy atom. The normalized spacial score (nSPS) is 16.9. The molecular formula is C19H28N2O3. The zero-order chi connectivity index (χ0) is 17.5. The van der Waals surface area contributed by atoms with Gasteiger partial charge in [0, 0.05) is 38.7 Å². The molecule has 1 atom stereocenters. The highest BCUT2D eigenvalue weighted by atomic mass is 16.5. The van der Waals surface area contributed by atoms with Crippen molar-refractivity contribution >= 4 is 17.5 Å². The summed E-state index contributed by atoms with van der Waals surface area (Å²) >= 11 is 0. The van der Waals surface area contributed by atoms with Gasteiger partial charge in [-0.2, -0.15) is 0 Å². The summed E-state index contributed by atoms with van der Waals surface area (Å²) < 4.78 is 5.59. The van der Waals surface area contributed by atoms with Crippen LogP contribution in [0.15, 0.2) is 18.2 Å². The molecule has 132 valence electrons. The summed E-state index contributed by atoms with van der Waals surface area (Å²) in [5.41, 5.74) is 3.09. The van der Waals surface area contributed by atoms with Gasteiger partial charge in [-0.1, -0.05) is 25.1 Å². The fraction of sp³-hybridized carbons (Fsp3) is 0.579. The molecule has 1 fully saturated rings. The van der Waals surface area contributed by atoms with Crippen molar-refractivity contribution in [2.24, 2.45) is 0 Å². The van der Waals surface area contributed by atoms with Crippen LogP contribution in [0.5, 0.6) is 0 Å². The van der Waals surface area contributed by atoms with Crippen LogP contribution in [0.3, 0.4) is 0 Å². The number of rotatable bonds is 7. The van der Waals surface area contributed by atoms with Crippen LogP contribution in [-0.2, 0) is 20.7 Å². The third-order valence-electron chi connectivity index (χ3n) is 4.51. The summed E-state index contributed by atoms with van der Waals surface area (Å²) in [6.07, 6.45) is 3.31. The van der Waals surface area contributed by atoms with Crippen molar-refractivity contribution < 1.29 is 14.3 Å². The number of hydrogen-bond acceptors (Lipinski definition) is 3. The van der Waals surface area contributed by atoms with E-state index in [1.807, 2.05) is 25.1 Å². The first-order valence-corrected chi connectivity index (χ1v) is 8.76. The van der Waals surface area contributed by atoms with E-state index in [1.165, 1.54) is 0 Å². The van der Waals surface area contributed by atoms with Crippen molar-refractivity contribution in [1.82, 2.24) is 4.90 Å². The lowest BCUT2D eigenvalue weighted by Crippen LogP contribution is -2.37. The number of anilines is 1. The molecule has 1 unspecified atom stereocenters. The van der Waals surface area contributed by atoms with Gasteiger partial charge in [0.15, 0.2) is 0 Å². The summed E-state index contributed by atoms with van der Waals surface area (Å²) in [5, 5.41) is 3.01. The van der Waals surface area contributed by atoms with Crippen LogP contribution in [0.1, 0.15) is 44.2 Å². The number of ether oxygens (including phenoxy) is 1. The largest absolute Gasteiger partial charge is 0.376 e. The number of carbonyl (C=O) groups is 2. The lowest BCUT2D eigenvalue weighted by molar-refractivity contribution is -0.130. The summed E-state index contributed by atoms with van der Waals surface area (Å²) in [6, 6.07) is 6.03. The second-order valence-electron chi connectivity index (χ2n) is 6.36. The highest BCUT2D eigenvalue weighted by Gasteiger charge is 2.21. The van der Waals surface area contributed by atoms with Crippen molar-refractivity contribution in [2.45, 2.75) is 52.6 Å². The zero-order valence-electron chi connectivity index (χ0n) is 14.9. The van der Waals surface area contributed by atoms with Gasteiger partial charge in [-0.25, -0.2) is 0 Å². The van der Waals surface area contributed by atoms with E-state index >= 15 is 0 Å². The Morgan fingerprint density at radius 2 is 2.17 bits per heavy atom.